The van der Waals surface area contributed by atoms with Crippen LogP contribution >= 0.6 is 0 Å². The van der Waals surface area contributed by atoms with Gasteiger partial charge in [-0.3, -0.25) is 29.1 Å². The average molecular weight is 817 g/mol. The van der Waals surface area contributed by atoms with E-state index in [0.717, 1.165) is 10.8 Å². The minimum Gasteiger partial charge on any atom is -0.497 e. The number of rotatable bonds is 14. The zero-order valence-electron chi connectivity index (χ0n) is 33.7. The molecule has 306 valence electrons. The van der Waals surface area contributed by atoms with Crippen LogP contribution in [0.2, 0.25) is 18.6 Å². The molecule has 59 heavy (non-hydrogen) atoms. The van der Waals surface area contributed by atoms with Crippen LogP contribution in [0, 0.1) is 16.0 Å². The summed E-state index contributed by atoms with van der Waals surface area (Å²) in [4.78, 5) is 58.0. The van der Waals surface area contributed by atoms with Crippen molar-refractivity contribution < 1.29 is 33.8 Å². The lowest BCUT2D eigenvalue weighted by Crippen LogP contribution is -2.52. The van der Waals surface area contributed by atoms with Crippen LogP contribution in [-0.4, -0.2) is 72.9 Å². The van der Waals surface area contributed by atoms with Gasteiger partial charge >= 0.3 is 0 Å². The van der Waals surface area contributed by atoms with Gasteiger partial charge in [0.1, 0.15) is 5.75 Å². The summed E-state index contributed by atoms with van der Waals surface area (Å²) in [5.41, 5.74) is 0.489. The fourth-order valence-corrected chi connectivity index (χ4v) is 13.1. The Hall–Kier alpha value is -6.09. The van der Waals surface area contributed by atoms with Crippen LogP contribution in [-0.2, 0) is 33.0 Å². The first-order valence-corrected chi connectivity index (χ1v) is 22.6. The van der Waals surface area contributed by atoms with E-state index in [2.05, 4.69) is 13.1 Å². The number of benzene rings is 4. The van der Waals surface area contributed by atoms with Crippen molar-refractivity contribution in [2.45, 2.75) is 56.8 Å². The summed E-state index contributed by atoms with van der Waals surface area (Å²) in [5.74, 6) is -0.292. The second-order valence-electron chi connectivity index (χ2n) is 15.7. The van der Waals surface area contributed by atoms with Gasteiger partial charge in [0.05, 0.1) is 58.6 Å². The lowest BCUT2D eigenvalue weighted by Gasteiger charge is -2.37. The molecule has 5 aromatic rings. The Morgan fingerprint density at radius 3 is 2.34 bits per heavy atom. The van der Waals surface area contributed by atoms with Gasteiger partial charge in [-0.05, 0) is 59.1 Å². The average Bonchev–Trinajstić information content (AvgIpc) is 3.66. The van der Waals surface area contributed by atoms with E-state index in [1.807, 2.05) is 73.7 Å². The topological polar surface area (TPSA) is 154 Å². The number of hydrogen-bond acceptors (Lipinski definition) is 9. The summed E-state index contributed by atoms with van der Waals surface area (Å²) >= 11 is 0. The first kappa shape index (κ1) is 41.1. The van der Waals surface area contributed by atoms with Gasteiger partial charge in [-0.25, -0.2) is 0 Å². The summed E-state index contributed by atoms with van der Waals surface area (Å²) in [6.07, 6.45) is 0.794. The Kier molecular flexibility index (Phi) is 11.6. The summed E-state index contributed by atoms with van der Waals surface area (Å²) in [7, 11) is 0.351. The number of pyridine rings is 1. The standard InChI is InChI=1S/C45H48N4O9Si/c1-30-42(59(4,5)36-19-17-35(56-2)18-20-36)40(27-41(51)46(23-24-50)28-31-11-7-6-8-12-31)58-45(30)37-26-34(49(54)55)16-21-38(37)48(44(45)53)29-32-13-9-14-33(25-32)47-22-10-15-39(57-3)43(47)52/h6-22,25-26,30,40,42,50H,23-24,27-29H2,1-5H3/t30-,40+,42-,45+/m1/s1. The highest BCUT2D eigenvalue weighted by Gasteiger charge is 2.66. The zero-order chi connectivity index (χ0) is 42.1. The molecule has 1 aromatic heterocycles. The van der Waals surface area contributed by atoms with Crippen molar-refractivity contribution in [3.63, 3.8) is 0 Å². The minimum atomic E-state index is -2.68. The molecule has 1 N–H and O–H groups in total. The van der Waals surface area contributed by atoms with Crippen LogP contribution in [0.5, 0.6) is 11.5 Å². The maximum atomic E-state index is 15.4. The smallest absolute Gasteiger partial charge is 0.297 e. The number of nitro groups is 1. The van der Waals surface area contributed by atoms with Gasteiger partial charge in [0, 0.05) is 48.6 Å². The molecule has 13 nitrogen and oxygen atoms in total. The van der Waals surface area contributed by atoms with E-state index in [4.69, 9.17) is 14.2 Å². The van der Waals surface area contributed by atoms with Gasteiger partial charge in [-0.2, -0.15) is 0 Å². The normalized spacial score (nSPS) is 19.8. The van der Waals surface area contributed by atoms with Crippen LogP contribution in [0.3, 0.4) is 0 Å². The number of fused-ring (bicyclic) bond motifs is 2. The molecule has 14 heteroatoms. The number of ether oxygens (including phenoxy) is 3. The maximum Gasteiger partial charge on any atom is 0.297 e. The molecule has 1 fully saturated rings. The SMILES string of the molecule is COc1ccc([Si](C)(C)[C@H]2[C@H](CC(=O)N(CCO)Cc3ccccc3)O[C@@]3(C(=O)N(Cc4cccc(-n5cccc(OC)c5=O)c4)c4ccc([N+](=O)[O-])cc43)[C@@H]2C)cc1. The van der Waals surface area contributed by atoms with Gasteiger partial charge in [0.15, 0.2) is 11.4 Å². The number of aromatic nitrogens is 1. The molecule has 3 heterocycles. The molecule has 0 unspecified atom stereocenters. The maximum absolute atomic E-state index is 15.4. The molecular formula is C45H48N4O9Si. The highest BCUT2D eigenvalue weighted by atomic mass is 28.3. The number of carbonyl (C=O) groups is 2. The number of aliphatic hydroxyl groups excluding tert-OH is 1. The molecule has 0 bridgehead atoms. The molecule has 0 radical (unpaired) electrons. The van der Waals surface area contributed by atoms with Crippen LogP contribution < -0.4 is 25.1 Å². The third kappa shape index (κ3) is 7.54. The molecule has 7 rings (SSSR count). The predicted molar refractivity (Wildman–Crippen MR) is 226 cm³/mol. The van der Waals surface area contributed by atoms with Crippen LogP contribution in [0.25, 0.3) is 5.69 Å². The van der Waals surface area contributed by atoms with Crippen molar-refractivity contribution in [3.05, 3.63) is 153 Å². The van der Waals surface area contributed by atoms with Crippen LogP contribution in [0.1, 0.15) is 30.0 Å². The monoisotopic (exact) mass is 816 g/mol. The third-order valence-electron chi connectivity index (χ3n) is 12.0. The van der Waals surface area contributed by atoms with E-state index in [1.54, 1.807) is 53.4 Å². The first-order valence-electron chi connectivity index (χ1n) is 19.5. The molecule has 0 aliphatic carbocycles. The van der Waals surface area contributed by atoms with Crippen molar-refractivity contribution in [2.75, 3.05) is 32.3 Å². The van der Waals surface area contributed by atoms with E-state index < -0.39 is 30.6 Å². The van der Waals surface area contributed by atoms with Crippen molar-refractivity contribution in [1.29, 1.82) is 0 Å². The largest absolute Gasteiger partial charge is 0.497 e. The fraction of sp³-hybridized carbons (Fsp3) is 0.311. The zero-order valence-corrected chi connectivity index (χ0v) is 34.7. The van der Waals surface area contributed by atoms with Crippen molar-refractivity contribution >= 4 is 36.4 Å². The molecule has 1 spiro atoms. The fourth-order valence-electron chi connectivity index (χ4n) is 9.11. The summed E-state index contributed by atoms with van der Waals surface area (Å²) in [6.45, 7) is 6.57. The predicted octanol–water partition coefficient (Wildman–Crippen LogP) is 5.94. The molecular weight excluding hydrogens is 769 g/mol. The molecule has 0 saturated carbocycles. The molecule has 4 aromatic carbocycles. The number of anilines is 1. The number of carbonyl (C=O) groups excluding carboxylic acids is 2. The van der Waals surface area contributed by atoms with Crippen LogP contribution in [0.4, 0.5) is 11.4 Å². The van der Waals surface area contributed by atoms with E-state index in [1.165, 1.54) is 23.8 Å². The lowest BCUT2D eigenvalue weighted by molar-refractivity contribution is -0.385. The molecule has 1 saturated heterocycles. The number of nitro benzene ring substituents is 1. The van der Waals surface area contributed by atoms with E-state index in [9.17, 15) is 24.8 Å². The molecule has 2 aliphatic heterocycles. The Labute approximate surface area is 343 Å². The Bertz CT molecular complexity index is 2420. The van der Waals surface area contributed by atoms with Crippen molar-refractivity contribution in [3.8, 4) is 17.2 Å². The van der Waals surface area contributed by atoms with Crippen molar-refractivity contribution in [2.24, 2.45) is 5.92 Å². The summed E-state index contributed by atoms with van der Waals surface area (Å²) < 4.78 is 19.3. The van der Waals surface area contributed by atoms with E-state index in [-0.39, 0.29) is 67.0 Å². The minimum absolute atomic E-state index is 0.0724. The van der Waals surface area contributed by atoms with E-state index in [0.29, 0.717) is 28.3 Å². The molecule has 2 aliphatic rings. The van der Waals surface area contributed by atoms with E-state index >= 15 is 4.79 Å². The number of hydrogen-bond donors (Lipinski definition) is 1. The Balaban J connectivity index is 1.32. The number of non-ortho nitro benzene ring substituents is 1. The number of aliphatic hydroxyl groups is 1. The van der Waals surface area contributed by atoms with Crippen molar-refractivity contribution in [1.82, 2.24) is 9.47 Å². The number of amides is 2. The highest BCUT2D eigenvalue weighted by molar-refractivity contribution is 6.91. The quantitative estimate of drug-likeness (QED) is 0.0816. The van der Waals surface area contributed by atoms with Gasteiger partial charge in [-0.15, -0.1) is 0 Å². The van der Waals surface area contributed by atoms with Gasteiger partial charge < -0.3 is 29.1 Å². The first-order chi connectivity index (χ1) is 28.3. The van der Waals surface area contributed by atoms with Gasteiger partial charge in [0.2, 0.25) is 5.91 Å². The Morgan fingerprint density at radius 2 is 1.66 bits per heavy atom. The second kappa shape index (κ2) is 16.6. The van der Waals surface area contributed by atoms with Gasteiger partial charge in [0.25, 0.3) is 17.2 Å². The lowest BCUT2D eigenvalue weighted by atomic mass is 9.82. The highest BCUT2D eigenvalue weighted by Crippen LogP contribution is 2.60. The van der Waals surface area contributed by atoms with Crippen LogP contribution in [0.15, 0.2) is 120 Å². The summed E-state index contributed by atoms with van der Waals surface area (Å²) in [6, 6.07) is 32.3. The third-order valence-corrected chi connectivity index (χ3v) is 16.4. The number of methoxy groups -OCH3 is 2. The van der Waals surface area contributed by atoms with Gasteiger partial charge in [-0.1, -0.05) is 79.8 Å². The molecule has 4 atom stereocenters. The Morgan fingerprint density at radius 1 is 0.932 bits per heavy atom. The number of nitrogens with zero attached hydrogens (tertiary/aromatic N) is 4. The summed E-state index contributed by atoms with van der Waals surface area (Å²) in [5, 5.41) is 23.4. The molecule has 2 amide bonds. The second-order valence-corrected chi connectivity index (χ2v) is 20.3.